The Morgan fingerprint density at radius 3 is 2.86 bits per heavy atom. The minimum atomic E-state index is -0.116. The summed E-state index contributed by atoms with van der Waals surface area (Å²) in [5.74, 6) is -0.116. The van der Waals surface area contributed by atoms with E-state index in [-0.39, 0.29) is 11.9 Å². The molecule has 0 fully saturated rings. The predicted octanol–water partition coefficient (Wildman–Crippen LogP) is 5.91. The zero-order valence-electron chi connectivity index (χ0n) is 12.8. The lowest BCUT2D eigenvalue weighted by atomic mass is 9.90. The number of benzene rings is 1. The first kappa shape index (κ1) is 16.7. The summed E-state index contributed by atoms with van der Waals surface area (Å²) >= 11 is 3.47. The van der Waals surface area contributed by atoms with Crippen molar-refractivity contribution in [1.82, 2.24) is 5.32 Å². The largest absolute Gasteiger partial charge is 0.306 e. The summed E-state index contributed by atoms with van der Waals surface area (Å²) in [6.45, 7) is 3.06. The van der Waals surface area contributed by atoms with Gasteiger partial charge in [0.15, 0.2) is 0 Å². The van der Waals surface area contributed by atoms with Crippen molar-refractivity contribution in [2.75, 3.05) is 6.54 Å². The van der Waals surface area contributed by atoms with E-state index in [1.54, 1.807) is 12.1 Å². The van der Waals surface area contributed by atoms with Gasteiger partial charge in [-0.15, -0.1) is 0 Å². The van der Waals surface area contributed by atoms with Crippen LogP contribution in [0.5, 0.6) is 0 Å². The van der Waals surface area contributed by atoms with E-state index in [0.717, 1.165) is 35.8 Å². The Morgan fingerprint density at radius 1 is 1.24 bits per heavy atom. The van der Waals surface area contributed by atoms with Crippen molar-refractivity contribution in [3.63, 3.8) is 0 Å². The number of allylic oxidation sites excluding steroid dienone is 1. The van der Waals surface area contributed by atoms with E-state index in [4.69, 9.17) is 0 Å². The van der Waals surface area contributed by atoms with Gasteiger partial charge in [0.25, 0.3) is 0 Å². The van der Waals surface area contributed by atoms with Gasteiger partial charge in [-0.3, -0.25) is 0 Å². The van der Waals surface area contributed by atoms with E-state index >= 15 is 0 Å². The van der Waals surface area contributed by atoms with Crippen LogP contribution in [-0.4, -0.2) is 6.54 Å². The molecule has 0 saturated heterocycles. The zero-order chi connectivity index (χ0) is 15.1. The topological polar surface area (TPSA) is 12.0 Å². The lowest BCUT2D eigenvalue weighted by molar-refractivity contribution is 0.514. The van der Waals surface area contributed by atoms with Crippen molar-refractivity contribution in [3.8, 4) is 0 Å². The van der Waals surface area contributed by atoms with Gasteiger partial charge in [0.1, 0.15) is 5.82 Å². The van der Waals surface area contributed by atoms with Gasteiger partial charge in [0.05, 0.1) is 6.04 Å². The number of halogens is 2. The third-order valence-corrected chi connectivity index (χ3v) is 4.56. The van der Waals surface area contributed by atoms with Crippen molar-refractivity contribution >= 4 is 15.9 Å². The first-order valence-corrected chi connectivity index (χ1v) is 8.89. The summed E-state index contributed by atoms with van der Waals surface area (Å²) in [6.07, 6.45) is 10.7. The smallest absolute Gasteiger partial charge is 0.128 e. The highest BCUT2D eigenvalue weighted by molar-refractivity contribution is 9.10. The molecule has 1 atom stereocenters. The zero-order valence-corrected chi connectivity index (χ0v) is 14.4. The molecule has 3 heteroatoms. The van der Waals surface area contributed by atoms with Crippen molar-refractivity contribution in [2.45, 2.75) is 57.9 Å². The van der Waals surface area contributed by atoms with Gasteiger partial charge in [-0.2, -0.15) is 0 Å². The molecule has 0 aromatic heterocycles. The summed E-state index contributed by atoms with van der Waals surface area (Å²) in [6, 6.07) is 5.26. The monoisotopic (exact) mass is 353 g/mol. The molecule has 21 heavy (non-hydrogen) atoms. The van der Waals surface area contributed by atoms with Crippen LogP contribution in [-0.2, 0) is 0 Å². The van der Waals surface area contributed by atoms with Crippen molar-refractivity contribution in [2.24, 2.45) is 0 Å². The Labute approximate surface area is 136 Å². The highest BCUT2D eigenvalue weighted by atomic mass is 79.9. The molecule has 0 radical (unpaired) electrons. The SMILES string of the molecule is CCCNC(/C1=C/CCCCCC1)c1cc(Br)ccc1F. The van der Waals surface area contributed by atoms with Gasteiger partial charge < -0.3 is 5.32 Å². The molecule has 1 aliphatic rings. The molecule has 1 N–H and O–H groups in total. The molecule has 116 valence electrons. The quantitative estimate of drug-likeness (QED) is 0.648. The third kappa shape index (κ3) is 4.93. The van der Waals surface area contributed by atoms with Gasteiger partial charge in [-0.05, 0) is 56.8 Å². The second-order valence-electron chi connectivity index (χ2n) is 5.78. The molecular formula is C18H25BrFN. The van der Waals surface area contributed by atoms with Crippen LogP contribution in [0.25, 0.3) is 0 Å². The molecule has 1 unspecified atom stereocenters. The van der Waals surface area contributed by atoms with Gasteiger partial charge >= 0.3 is 0 Å². The number of hydrogen-bond donors (Lipinski definition) is 1. The van der Waals surface area contributed by atoms with Crippen LogP contribution in [0.4, 0.5) is 4.39 Å². The fourth-order valence-electron chi connectivity index (χ4n) is 2.94. The molecular weight excluding hydrogens is 329 g/mol. The summed E-state index contributed by atoms with van der Waals surface area (Å²) in [7, 11) is 0. The van der Waals surface area contributed by atoms with Crippen LogP contribution < -0.4 is 5.32 Å². The van der Waals surface area contributed by atoms with Crippen molar-refractivity contribution in [3.05, 3.63) is 45.7 Å². The van der Waals surface area contributed by atoms with E-state index in [0.29, 0.717) is 0 Å². The standard InChI is InChI=1S/C18H25BrFN/c1-2-12-21-18(14-8-6-4-3-5-7-9-14)16-13-15(19)10-11-17(16)20/h8,10-11,13,18,21H,2-7,9,12H2,1H3/b14-8+. The molecule has 1 aromatic carbocycles. The van der Waals surface area contributed by atoms with Crippen LogP contribution in [0.15, 0.2) is 34.3 Å². The van der Waals surface area contributed by atoms with Crippen LogP contribution in [0, 0.1) is 5.82 Å². The Morgan fingerprint density at radius 2 is 2.05 bits per heavy atom. The Hall–Kier alpha value is -0.670. The fraction of sp³-hybridized carbons (Fsp3) is 0.556. The number of nitrogens with one attached hydrogen (secondary N) is 1. The first-order valence-electron chi connectivity index (χ1n) is 8.09. The molecule has 0 heterocycles. The van der Waals surface area contributed by atoms with Crippen LogP contribution in [0.3, 0.4) is 0 Å². The molecule has 1 nitrogen and oxygen atoms in total. The van der Waals surface area contributed by atoms with E-state index in [1.165, 1.54) is 31.3 Å². The molecule has 0 spiro atoms. The Kier molecular flexibility index (Phi) is 6.91. The van der Waals surface area contributed by atoms with E-state index in [1.807, 2.05) is 6.07 Å². The van der Waals surface area contributed by atoms with Gasteiger partial charge in [0.2, 0.25) is 0 Å². The van der Waals surface area contributed by atoms with E-state index in [2.05, 4.69) is 34.2 Å². The number of hydrogen-bond acceptors (Lipinski definition) is 1. The van der Waals surface area contributed by atoms with Crippen molar-refractivity contribution < 1.29 is 4.39 Å². The summed E-state index contributed by atoms with van der Waals surface area (Å²) in [5.41, 5.74) is 2.13. The molecule has 0 amide bonds. The van der Waals surface area contributed by atoms with Crippen LogP contribution >= 0.6 is 15.9 Å². The van der Waals surface area contributed by atoms with Gasteiger partial charge in [0, 0.05) is 10.0 Å². The average molecular weight is 354 g/mol. The molecule has 2 rings (SSSR count). The normalized spacial score (nSPS) is 20.2. The lowest BCUT2D eigenvalue weighted by Crippen LogP contribution is -2.25. The Bertz CT molecular complexity index is 484. The molecule has 1 aromatic rings. The highest BCUT2D eigenvalue weighted by Gasteiger charge is 2.20. The van der Waals surface area contributed by atoms with Gasteiger partial charge in [-0.25, -0.2) is 4.39 Å². The predicted molar refractivity (Wildman–Crippen MR) is 90.9 cm³/mol. The van der Waals surface area contributed by atoms with Gasteiger partial charge in [-0.1, -0.05) is 47.3 Å². The summed E-state index contributed by atoms with van der Waals surface area (Å²) < 4.78 is 15.2. The highest BCUT2D eigenvalue weighted by Crippen LogP contribution is 2.31. The van der Waals surface area contributed by atoms with E-state index in [9.17, 15) is 4.39 Å². The average Bonchev–Trinajstić information content (AvgIpc) is 2.44. The second kappa shape index (κ2) is 8.70. The fourth-order valence-corrected chi connectivity index (χ4v) is 3.32. The maximum absolute atomic E-state index is 14.3. The second-order valence-corrected chi connectivity index (χ2v) is 6.70. The van der Waals surface area contributed by atoms with Crippen molar-refractivity contribution in [1.29, 1.82) is 0 Å². The number of rotatable bonds is 5. The van der Waals surface area contributed by atoms with Crippen LogP contribution in [0.2, 0.25) is 0 Å². The Balaban J connectivity index is 2.29. The first-order chi connectivity index (χ1) is 10.2. The summed E-state index contributed by atoms with van der Waals surface area (Å²) in [4.78, 5) is 0. The minimum Gasteiger partial charge on any atom is -0.306 e. The molecule has 0 bridgehead atoms. The molecule has 1 aliphatic carbocycles. The van der Waals surface area contributed by atoms with E-state index < -0.39 is 0 Å². The third-order valence-electron chi connectivity index (χ3n) is 4.06. The molecule has 0 saturated carbocycles. The molecule has 0 aliphatic heterocycles. The maximum Gasteiger partial charge on any atom is 0.128 e. The lowest BCUT2D eigenvalue weighted by Gasteiger charge is -2.24. The maximum atomic E-state index is 14.3. The van der Waals surface area contributed by atoms with Crippen LogP contribution in [0.1, 0.15) is 63.5 Å². The minimum absolute atomic E-state index is 0.0144. The summed E-state index contributed by atoms with van der Waals surface area (Å²) in [5, 5.41) is 3.54.